The molecule has 2 nitrogen and oxygen atoms in total. The summed E-state index contributed by atoms with van der Waals surface area (Å²) in [7, 11) is 0. The first kappa shape index (κ1) is 15.9. The fraction of sp³-hybridized carbons (Fsp3) is 0.250. The molecule has 0 saturated carbocycles. The van der Waals surface area contributed by atoms with Gasteiger partial charge in [-0.1, -0.05) is 23.7 Å². The molecule has 0 aliphatic rings. The molecule has 0 amide bonds. The Labute approximate surface area is 127 Å². The van der Waals surface area contributed by atoms with E-state index in [2.05, 4.69) is 0 Å². The molecule has 2 rings (SSSR count). The number of rotatable bonds is 4. The highest BCUT2D eigenvalue weighted by molar-refractivity contribution is 6.31. The first-order chi connectivity index (χ1) is 9.93. The topological polar surface area (TPSA) is 46.2 Å². The molecule has 3 N–H and O–H groups in total. The van der Waals surface area contributed by atoms with Crippen LogP contribution in [0.5, 0.6) is 0 Å². The summed E-state index contributed by atoms with van der Waals surface area (Å²) in [5.74, 6) is -1.44. The number of aliphatic hydroxyl groups excluding tert-OH is 1. The van der Waals surface area contributed by atoms with Crippen LogP contribution in [-0.2, 0) is 0 Å². The second-order valence-electron chi connectivity index (χ2n) is 4.95. The summed E-state index contributed by atoms with van der Waals surface area (Å²) in [5, 5.41) is 10.7. The molecule has 2 aromatic carbocycles. The zero-order chi connectivity index (χ0) is 15.6. The Morgan fingerprint density at radius 1 is 1.10 bits per heavy atom. The Balaban J connectivity index is 2.43. The van der Waals surface area contributed by atoms with Gasteiger partial charge in [0, 0.05) is 17.5 Å². The second-order valence-corrected chi connectivity index (χ2v) is 5.36. The number of aryl methyl sites for hydroxylation is 1. The molecular formula is C16H16ClF2NO. The summed E-state index contributed by atoms with van der Waals surface area (Å²) in [6.45, 7) is 1.88. The van der Waals surface area contributed by atoms with Crippen LogP contribution >= 0.6 is 11.6 Å². The van der Waals surface area contributed by atoms with E-state index in [1.807, 2.05) is 0 Å². The molecule has 0 aliphatic carbocycles. The van der Waals surface area contributed by atoms with Crippen LogP contribution in [-0.4, -0.2) is 11.7 Å². The van der Waals surface area contributed by atoms with Crippen LogP contribution in [0.3, 0.4) is 0 Å². The largest absolute Gasteiger partial charge is 0.388 e. The smallest absolute Gasteiger partial charge is 0.124 e. The summed E-state index contributed by atoms with van der Waals surface area (Å²) in [4.78, 5) is 0. The lowest BCUT2D eigenvalue weighted by Gasteiger charge is -2.24. The van der Waals surface area contributed by atoms with Gasteiger partial charge in [0.05, 0.1) is 6.10 Å². The Hall–Kier alpha value is -1.49. The zero-order valence-corrected chi connectivity index (χ0v) is 12.2. The average molecular weight is 312 g/mol. The molecule has 0 aromatic heterocycles. The van der Waals surface area contributed by atoms with E-state index in [1.165, 1.54) is 30.3 Å². The summed E-state index contributed by atoms with van der Waals surface area (Å²) in [6, 6.07) is 8.12. The van der Waals surface area contributed by atoms with Gasteiger partial charge in [-0.25, -0.2) is 8.78 Å². The molecule has 2 aromatic rings. The maximum atomic E-state index is 13.4. The van der Waals surface area contributed by atoms with Gasteiger partial charge in [-0.15, -0.1) is 0 Å². The molecule has 0 radical (unpaired) electrons. The molecule has 2 atom stereocenters. The number of hydrogen-bond acceptors (Lipinski definition) is 2. The minimum atomic E-state index is -1.02. The van der Waals surface area contributed by atoms with Gasteiger partial charge in [0.15, 0.2) is 0 Å². The van der Waals surface area contributed by atoms with Crippen LogP contribution in [0.1, 0.15) is 28.7 Å². The third-order valence-electron chi connectivity index (χ3n) is 3.56. The van der Waals surface area contributed by atoms with Gasteiger partial charge < -0.3 is 10.8 Å². The van der Waals surface area contributed by atoms with Crippen molar-refractivity contribution in [2.45, 2.75) is 18.9 Å². The minimum Gasteiger partial charge on any atom is -0.388 e. The lowest BCUT2D eigenvalue weighted by molar-refractivity contribution is 0.146. The van der Waals surface area contributed by atoms with E-state index in [0.717, 1.165) is 5.56 Å². The van der Waals surface area contributed by atoms with E-state index in [0.29, 0.717) is 11.1 Å². The zero-order valence-electron chi connectivity index (χ0n) is 11.5. The third kappa shape index (κ3) is 3.40. The fourth-order valence-corrected chi connectivity index (χ4v) is 2.68. The van der Waals surface area contributed by atoms with Gasteiger partial charge in [0.1, 0.15) is 11.6 Å². The Kier molecular flexibility index (Phi) is 4.93. The average Bonchev–Trinajstić information content (AvgIpc) is 2.44. The highest BCUT2D eigenvalue weighted by Gasteiger charge is 2.25. The molecule has 0 bridgehead atoms. The van der Waals surface area contributed by atoms with Crippen LogP contribution < -0.4 is 5.73 Å². The summed E-state index contributed by atoms with van der Waals surface area (Å²) < 4.78 is 26.5. The molecule has 112 valence electrons. The van der Waals surface area contributed by atoms with Crippen molar-refractivity contribution in [3.05, 3.63) is 69.7 Å². The number of benzene rings is 2. The SMILES string of the molecule is Cc1ccc(F)cc1C(O)C(CN)c1ccc(F)cc1Cl. The standard InChI is InChI=1S/C16H16ClF2NO/c1-9-2-3-10(18)6-13(9)16(21)14(8-20)12-5-4-11(19)7-15(12)17/h2-7,14,16,21H,8,20H2,1H3. The van der Waals surface area contributed by atoms with E-state index in [4.69, 9.17) is 17.3 Å². The van der Waals surface area contributed by atoms with E-state index in [9.17, 15) is 13.9 Å². The molecule has 21 heavy (non-hydrogen) atoms. The minimum absolute atomic E-state index is 0.0997. The number of nitrogens with two attached hydrogens (primary N) is 1. The fourth-order valence-electron chi connectivity index (χ4n) is 2.37. The van der Waals surface area contributed by atoms with Crippen LogP contribution in [0.2, 0.25) is 5.02 Å². The van der Waals surface area contributed by atoms with Crippen molar-refractivity contribution in [3.8, 4) is 0 Å². The van der Waals surface area contributed by atoms with E-state index in [-0.39, 0.29) is 11.6 Å². The highest BCUT2D eigenvalue weighted by atomic mass is 35.5. The lowest BCUT2D eigenvalue weighted by Crippen LogP contribution is -2.21. The normalized spacial score (nSPS) is 14.0. The van der Waals surface area contributed by atoms with Gasteiger partial charge in [-0.05, 0) is 47.9 Å². The second kappa shape index (κ2) is 6.52. The number of aliphatic hydroxyl groups is 1. The third-order valence-corrected chi connectivity index (χ3v) is 3.88. The highest BCUT2D eigenvalue weighted by Crippen LogP contribution is 2.35. The van der Waals surface area contributed by atoms with Crippen molar-refractivity contribution in [2.24, 2.45) is 5.73 Å². The van der Waals surface area contributed by atoms with Gasteiger partial charge in [0.2, 0.25) is 0 Å². The molecule has 0 heterocycles. The molecule has 0 spiro atoms. The predicted molar refractivity (Wildman–Crippen MR) is 79.3 cm³/mol. The number of hydrogen-bond donors (Lipinski definition) is 2. The number of halogens is 3. The van der Waals surface area contributed by atoms with Gasteiger partial charge in [-0.2, -0.15) is 0 Å². The van der Waals surface area contributed by atoms with Gasteiger partial charge in [-0.3, -0.25) is 0 Å². The lowest BCUT2D eigenvalue weighted by atomic mass is 9.87. The van der Waals surface area contributed by atoms with Crippen molar-refractivity contribution >= 4 is 11.6 Å². The van der Waals surface area contributed by atoms with E-state index >= 15 is 0 Å². The van der Waals surface area contributed by atoms with Gasteiger partial charge in [0.25, 0.3) is 0 Å². The van der Waals surface area contributed by atoms with Crippen LogP contribution in [0, 0.1) is 18.6 Å². The summed E-state index contributed by atoms with van der Waals surface area (Å²) >= 11 is 6.02. The monoisotopic (exact) mass is 311 g/mol. The molecule has 0 fully saturated rings. The van der Waals surface area contributed by atoms with Crippen molar-refractivity contribution in [2.75, 3.05) is 6.54 Å². The van der Waals surface area contributed by atoms with Crippen molar-refractivity contribution in [1.29, 1.82) is 0 Å². The molecule has 0 aliphatic heterocycles. The molecule has 0 saturated heterocycles. The van der Waals surface area contributed by atoms with Crippen LogP contribution in [0.25, 0.3) is 0 Å². The summed E-state index contributed by atoms with van der Waals surface area (Å²) in [5.41, 5.74) is 7.47. The maximum absolute atomic E-state index is 13.4. The van der Waals surface area contributed by atoms with E-state index in [1.54, 1.807) is 13.0 Å². The first-order valence-electron chi connectivity index (χ1n) is 6.53. The Bertz CT molecular complexity index is 648. The quantitative estimate of drug-likeness (QED) is 0.904. The van der Waals surface area contributed by atoms with E-state index < -0.39 is 23.7 Å². The first-order valence-corrected chi connectivity index (χ1v) is 6.91. The molecule has 5 heteroatoms. The van der Waals surface area contributed by atoms with Crippen LogP contribution in [0.15, 0.2) is 36.4 Å². The maximum Gasteiger partial charge on any atom is 0.124 e. The molecular weight excluding hydrogens is 296 g/mol. The Morgan fingerprint density at radius 2 is 1.71 bits per heavy atom. The summed E-state index contributed by atoms with van der Waals surface area (Å²) in [6.07, 6.45) is -1.02. The van der Waals surface area contributed by atoms with Gasteiger partial charge >= 0.3 is 0 Å². The molecule has 2 unspecified atom stereocenters. The predicted octanol–water partition coefficient (Wildman–Crippen LogP) is 3.70. The Morgan fingerprint density at radius 3 is 2.33 bits per heavy atom. The van der Waals surface area contributed by atoms with Crippen molar-refractivity contribution in [1.82, 2.24) is 0 Å². The van der Waals surface area contributed by atoms with Crippen LogP contribution in [0.4, 0.5) is 8.78 Å². The van der Waals surface area contributed by atoms with Crippen molar-refractivity contribution < 1.29 is 13.9 Å². The van der Waals surface area contributed by atoms with Crippen molar-refractivity contribution in [3.63, 3.8) is 0 Å².